The van der Waals surface area contributed by atoms with Crippen molar-refractivity contribution in [3.8, 4) is 0 Å². The van der Waals surface area contributed by atoms with Crippen LogP contribution < -0.4 is 10.6 Å². The minimum absolute atomic E-state index is 0.00174. The standard InChI is InChI=1S/C25H24ClN3O5/c26-22-12-11-19(15-27-22)14-21(24(31)32)28-23(30)20(13-17-7-3-1-4-8-17)29-25(33)34-16-18-9-5-2-6-10-18/h1-12,15,20-21H,13-14,16H2,(H,28,30)(H,29,33)(H,31,32)/t20-,21+/m0/s1. The highest BCUT2D eigenvalue weighted by Gasteiger charge is 2.27. The van der Waals surface area contributed by atoms with E-state index in [1.54, 1.807) is 12.1 Å². The Morgan fingerprint density at radius 1 is 0.824 bits per heavy atom. The molecule has 9 heteroatoms. The van der Waals surface area contributed by atoms with E-state index in [0.717, 1.165) is 11.1 Å². The van der Waals surface area contributed by atoms with Crippen LogP contribution in [0.25, 0.3) is 0 Å². The third-order valence-corrected chi connectivity index (χ3v) is 5.17. The van der Waals surface area contributed by atoms with Crippen molar-refractivity contribution in [1.82, 2.24) is 15.6 Å². The first-order valence-electron chi connectivity index (χ1n) is 10.6. The minimum atomic E-state index is -1.23. The molecule has 0 aliphatic rings. The van der Waals surface area contributed by atoms with E-state index in [0.29, 0.717) is 5.56 Å². The summed E-state index contributed by atoms with van der Waals surface area (Å²) in [6, 6.07) is 19.1. The molecule has 3 rings (SSSR count). The molecule has 0 aliphatic carbocycles. The highest BCUT2D eigenvalue weighted by atomic mass is 35.5. The molecular weight excluding hydrogens is 458 g/mol. The van der Waals surface area contributed by atoms with E-state index in [4.69, 9.17) is 16.3 Å². The number of nitrogens with one attached hydrogen (secondary N) is 2. The van der Waals surface area contributed by atoms with Crippen molar-refractivity contribution in [3.63, 3.8) is 0 Å². The van der Waals surface area contributed by atoms with Gasteiger partial charge in [-0.25, -0.2) is 14.6 Å². The number of rotatable bonds is 10. The summed E-state index contributed by atoms with van der Waals surface area (Å²) in [7, 11) is 0. The summed E-state index contributed by atoms with van der Waals surface area (Å²) in [4.78, 5) is 41.2. The van der Waals surface area contributed by atoms with E-state index in [9.17, 15) is 19.5 Å². The van der Waals surface area contributed by atoms with Crippen LogP contribution in [-0.2, 0) is 33.8 Å². The number of nitrogens with zero attached hydrogens (tertiary/aromatic N) is 1. The van der Waals surface area contributed by atoms with Crippen LogP contribution >= 0.6 is 11.6 Å². The van der Waals surface area contributed by atoms with Gasteiger partial charge in [-0.15, -0.1) is 0 Å². The number of aliphatic carboxylic acids is 1. The second-order valence-corrected chi connectivity index (χ2v) is 7.93. The van der Waals surface area contributed by atoms with Gasteiger partial charge in [-0.05, 0) is 22.8 Å². The first-order chi connectivity index (χ1) is 16.4. The van der Waals surface area contributed by atoms with Gasteiger partial charge >= 0.3 is 12.1 Å². The average molecular weight is 482 g/mol. The predicted molar refractivity (Wildman–Crippen MR) is 126 cm³/mol. The lowest BCUT2D eigenvalue weighted by Gasteiger charge is -2.21. The molecule has 0 radical (unpaired) electrons. The molecule has 0 fully saturated rings. The van der Waals surface area contributed by atoms with E-state index >= 15 is 0 Å². The van der Waals surface area contributed by atoms with Crippen molar-refractivity contribution < 1.29 is 24.2 Å². The number of benzene rings is 2. The predicted octanol–water partition coefficient (Wildman–Crippen LogP) is 3.38. The number of amides is 2. The number of alkyl carbamates (subject to hydrolysis) is 1. The van der Waals surface area contributed by atoms with Gasteiger partial charge in [-0.3, -0.25) is 4.79 Å². The quantitative estimate of drug-likeness (QED) is 0.382. The summed E-state index contributed by atoms with van der Waals surface area (Å²) in [5.41, 5.74) is 2.18. The minimum Gasteiger partial charge on any atom is -0.480 e. The van der Waals surface area contributed by atoms with E-state index in [1.165, 1.54) is 6.20 Å². The lowest BCUT2D eigenvalue weighted by Crippen LogP contribution is -2.53. The fourth-order valence-corrected chi connectivity index (χ4v) is 3.31. The van der Waals surface area contributed by atoms with Crippen LogP contribution in [0.1, 0.15) is 16.7 Å². The Labute approximate surface area is 201 Å². The Morgan fingerprint density at radius 2 is 1.44 bits per heavy atom. The van der Waals surface area contributed by atoms with Gasteiger partial charge < -0.3 is 20.5 Å². The number of ether oxygens (including phenoxy) is 1. The Bertz CT molecular complexity index is 1090. The van der Waals surface area contributed by atoms with Crippen LogP contribution in [0.3, 0.4) is 0 Å². The molecular formula is C25H24ClN3O5. The van der Waals surface area contributed by atoms with Gasteiger partial charge in [0.2, 0.25) is 5.91 Å². The molecule has 0 saturated heterocycles. The second kappa shape index (κ2) is 12.4. The zero-order valence-electron chi connectivity index (χ0n) is 18.2. The lowest BCUT2D eigenvalue weighted by atomic mass is 10.0. The van der Waals surface area contributed by atoms with Gasteiger partial charge in [-0.1, -0.05) is 78.3 Å². The van der Waals surface area contributed by atoms with Crippen molar-refractivity contribution in [2.45, 2.75) is 31.5 Å². The van der Waals surface area contributed by atoms with Crippen molar-refractivity contribution in [1.29, 1.82) is 0 Å². The molecule has 2 atom stereocenters. The number of halogens is 1. The first-order valence-corrected chi connectivity index (χ1v) is 10.9. The molecule has 1 aromatic heterocycles. The first kappa shape index (κ1) is 24.7. The Kier molecular flexibility index (Phi) is 8.99. The maximum absolute atomic E-state index is 13.0. The molecule has 1 heterocycles. The molecule has 3 aromatic rings. The smallest absolute Gasteiger partial charge is 0.408 e. The largest absolute Gasteiger partial charge is 0.480 e. The van der Waals surface area contributed by atoms with Crippen LogP contribution in [0.15, 0.2) is 79.0 Å². The fraction of sp³-hybridized carbons (Fsp3) is 0.200. The van der Waals surface area contributed by atoms with Gasteiger partial charge in [0.25, 0.3) is 0 Å². The number of pyridine rings is 1. The van der Waals surface area contributed by atoms with E-state index in [1.807, 2.05) is 60.7 Å². The second-order valence-electron chi connectivity index (χ2n) is 7.54. The molecule has 2 amide bonds. The highest BCUT2D eigenvalue weighted by Crippen LogP contribution is 2.09. The van der Waals surface area contributed by atoms with Crippen LogP contribution in [0.2, 0.25) is 5.15 Å². The normalized spacial score (nSPS) is 12.3. The van der Waals surface area contributed by atoms with Gasteiger partial charge in [0.05, 0.1) is 0 Å². The Hall–Kier alpha value is -3.91. The summed E-state index contributed by atoms with van der Waals surface area (Å²) in [6.45, 7) is 0.0354. The zero-order valence-corrected chi connectivity index (χ0v) is 18.9. The molecule has 176 valence electrons. The molecule has 3 N–H and O–H groups in total. The van der Waals surface area contributed by atoms with E-state index < -0.39 is 30.1 Å². The number of carboxylic acids is 1. The van der Waals surface area contributed by atoms with Crippen LogP contribution in [0.5, 0.6) is 0 Å². The van der Waals surface area contributed by atoms with Crippen LogP contribution in [0, 0.1) is 0 Å². The maximum Gasteiger partial charge on any atom is 0.408 e. The van der Waals surface area contributed by atoms with E-state index in [2.05, 4.69) is 15.6 Å². The third-order valence-electron chi connectivity index (χ3n) is 4.95. The summed E-state index contributed by atoms with van der Waals surface area (Å²) in [6.07, 6.45) is 0.822. The third kappa shape index (κ3) is 7.90. The molecule has 0 aliphatic heterocycles. The topological polar surface area (TPSA) is 118 Å². The monoisotopic (exact) mass is 481 g/mol. The van der Waals surface area contributed by atoms with Gasteiger partial charge in [-0.2, -0.15) is 0 Å². The number of carbonyl (C=O) groups excluding carboxylic acids is 2. The number of hydrogen-bond donors (Lipinski definition) is 3. The number of carbonyl (C=O) groups is 3. The Morgan fingerprint density at radius 3 is 2.03 bits per heavy atom. The number of carboxylic acid groups (broad SMARTS) is 1. The molecule has 2 aromatic carbocycles. The molecule has 0 bridgehead atoms. The highest BCUT2D eigenvalue weighted by molar-refractivity contribution is 6.29. The van der Waals surface area contributed by atoms with Crippen molar-refractivity contribution in [2.75, 3.05) is 0 Å². The summed E-state index contributed by atoms with van der Waals surface area (Å²) in [5, 5.41) is 15.0. The average Bonchev–Trinajstić information content (AvgIpc) is 2.84. The van der Waals surface area contributed by atoms with Crippen molar-refractivity contribution >= 4 is 29.6 Å². The molecule has 0 unspecified atom stereocenters. The van der Waals surface area contributed by atoms with E-state index in [-0.39, 0.29) is 24.6 Å². The zero-order chi connectivity index (χ0) is 24.3. The maximum atomic E-state index is 13.0. The van der Waals surface area contributed by atoms with Gasteiger partial charge in [0.1, 0.15) is 23.8 Å². The summed E-state index contributed by atoms with van der Waals surface area (Å²) in [5.74, 6) is -1.86. The summed E-state index contributed by atoms with van der Waals surface area (Å²) < 4.78 is 5.24. The van der Waals surface area contributed by atoms with Crippen molar-refractivity contribution in [3.05, 3.63) is 101 Å². The molecule has 0 saturated carbocycles. The summed E-state index contributed by atoms with van der Waals surface area (Å²) >= 11 is 5.78. The Balaban J connectivity index is 1.68. The lowest BCUT2D eigenvalue weighted by molar-refractivity contribution is -0.142. The SMILES string of the molecule is O=C(N[C@@H](Cc1ccccc1)C(=O)N[C@H](Cc1ccc(Cl)nc1)C(=O)O)OCc1ccccc1. The number of hydrogen-bond acceptors (Lipinski definition) is 5. The molecule has 34 heavy (non-hydrogen) atoms. The fourth-order valence-electron chi connectivity index (χ4n) is 3.20. The molecule has 0 spiro atoms. The number of aromatic nitrogens is 1. The van der Waals surface area contributed by atoms with Gasteiger partial charge in [0, 0.05) is 19.0 Å². The molecule has 8 nitrogen and oxygen atoms in total. The van der Waals surface area contributed by atoms with Crippen LogP contribution in [-0.4, -0.2) is 40.1 Å². The van der Waals surface area contributed by atoms with Crippen molar-refractivity contribution in [2.24, 2.45) is 0 Å². The van der Waals surface area contributed by atoms with Crippen LogP contribution in [0.4, 0.5) is 4.79 Å². The van der Waals surface area contributed by atoms with Gasteiger partial charge in [0.15, 0.2) is 0 Å².